The summed E-state index contributed by atoms with van der Waals surface area (Å²) in [4.78, 5) is 93.5. The Bertz CT molecular complexity index is 5240. The van der Waals surface area contributed by atoms with E-state index in [1.54, 1.807) is 24.3 Å². The molecule has 0 radical (unpaired) electrons. The molecule has 0 aliphatic rings. The van der Waals surface area contributed by atoms with Gasteiger partial charge >= 0.3 is 0 Å². The Morgan fingerprint density at radius 3 is 1.14 bits per heavy atom. The van der Waals surface area contributed by atoms with E-state index in [1.165, 1.54) is 40.4 Å². The lowest BCUT2D eigenvalue weighted by Gasteiger charge is -2.28. The molecule has 0 aliphatic carbocycles. The lowest BCUT2D eigenvalue weighted by atomic mass is 10.0. The molecule has 0 saturated heterocycles. The number of hydrogen-bond acceptors (Lipinski definition) is 20. The number of nitrogens with two attached hydrogens (primary N) is 2. The van der Waals surface area contributed by atoms with Gasteiger partial charge in [-0.3, -0.25) is 49.1 Å². The maximum atomic E-state index is 12.4. The predicted octanol–water partition coefficient (Wildman–Crippen LogP) is 24.6. The van der Waals surface area contributed by atoms with Crippen LogP contribution >= 0.6 is 11.6 Å². The second kappa shape index (κ2) is 68.9. The highest BCUT2D eigenvalue weighted by Crippen LogP contribution is 2.31. The zero-order valence-electron chi connectivity index (χ0n) is 82.2. The molecule has 1 heterocycles. The van der Waals surface area contributed by atoms with E-state index in [9.17, 15) is 44.2 Å². The van der Waals surface area contributed by atoms with Crippen molar-refractivity contribution < 1.29 is 67.4 Å². The number of aryl methyl sites for hydroxylation is 6. The summed E-state index contributed by atoms with van der Waals surface area (Å²) in [5.74, 6) is 5.52. The van der Waals surface area contributed by atoms with Crippen LogP contribution in [0.2, 0.25) is 0 Å². The molecular formula is C111H149ClN8O16. The van der Waals surface area contributed by atoms with Gasteiger partial charge in [-0.2, -0.15) is 0 Å². The van der Waals surface area contributed by atoms with Crippen molar-refractivity contribution in [1.82, 2.24) is 14.5 Å². The molecule has 0 bridgehead atoms. The number of nitro benzene ring substituents is 2. The summed E-state index contributed by atoms with van der Waals surface area (Å²) in [6.07, 6.45) is 8.64. The Morgan fingerprint density at radius 1 is 0.449 bits per heavy atom. The van der Waals surface area contributed by atoms with Crippen LogP contribution in [0.4, 0.5) is 28.4 Å². The van der Waals surface area contributed by atoms with Gasteiger partial charge in [0, 0.05) is 125 Å². The van der Waals surface area contributed by atoms with Crippen LogP contribution in [0.1, 0.15) is 201 Å². The average Bonchev–Trinajstić information content (AvgIpc) is 1.64. The van der Waals surface area contributed by atoms with E-state index in [1.807, 2.05) is 194 Å². The topological polar surface area (TPSA) is 340 Å². The third-order valence-electron chi connectivity index (χ3n) is 19.9. The summed E-state index contributed by atoms with van der Waals surface area (Å²) < 4.78 is 29.4. The van der Waals surface area contributed by atoms with Crippen molar-refractivity contribution in [2.24, 2.45) is 17.8 Å². The summed E-state index contributed by atoms with van der Waals surface area (Å²) in [5.41, 5.74) is 23.5. The van der Waals surface area contributed by atoms with Crippen LogP contribution in [0.25, 0.3) is 11.0 Å². The molecule has 0 unspecified atom stereocenters. The summed E-state index contributed by atoms with van der Waals surface area (Å²) >= 11 is 5.19. The van der Waals surface area contributed by atoms with Gasteiger partial charge in [0.2, 0.25) is 5.24 Å². The van der Waals surface area contributed by atoms with Gasteiger partial charge in [-0.05, 0) is 212 Å². The first kappa shape index (κ1) is 119. The first-order valence-electron chi connectivity index (χ1n) is 46.6. The smallest absolute Gasteiger partial charge is 0.300 e. The largest absolute Gasteiger partial charge is 0.494 e. The van der Waals surface area contributed by atoms with Crippen LogP contribution in [0, 0.1) is 38.0 Å². The van der Waals surface area contributed by atoms with Gasteiger partial charge < -0.3 is 54.9 Å². The molecule has 0 fully saturated rings. The molecule has 736 valence electrons. The number of carboxylic acids is 1. The number of nitro groups is 2. The van der Waals surface area contributed by atoms with E-state index in [0.717, 1.165) is 121 Å². The molecule has 11 aromatic rings. The number of carbonyl (C=O) groups is 6. The molecule has 136 heavy (non-hydrogen) atoms. The lowest BCUT2D eigenvalue weighted by molar-refractivity contribution is -0.385. The van der Waals surface area contributed by atoms with Gasteiger partial charge in [-0.1, -0.05) is 220 Å². The number of aliphatic carboxylic acids is 1. The standard InChI is InChI=1S/C22H29NO2.C21H26N2O.C18H19NO4.C18H21NO2.C9H9ClO.C8H10N2O3.C8H19N.C4H8O.C2H4O2.CH4/c1-4-25-21-13-11-19(22(15-21)23-16-17(2)3)14-20(24)12-10-18-8-6-5-7-9-18;1-4-24-18-11-12-19-20(14-18)23(15-16(2)3)21(22-19)13-10-17-8-6-5-7-9-17;1-2-23-17-11-9-15(18(13-17)19(21)22)12-16(20)10-8-14-6-4-3-5-7-14;1-2-21-17-11-9-15(18(19)13-17)12-16(20)10-8-14-6-4-3-5-7-14;10-9(11)7-6-8-4-2-1-3-5-8;1-2-13-6-3-4-7(9)8(5-6)10(11)12;1-6-9(7(2)3)8(4)5;1-4(2)3-5;1-2(3)4;/h5-9,11,13,15,17,23H,4,10,12,14,16H2,1-3H3;5-9,11-12,14,16H,4,10,13,15H2,1-3H3;3-7,9,11,13H,2,8,10,12H2,1H3;3-7,9,11,13H,2,8,10,12,19H2,1H3;1-5H,6-7H2;3-5H,2,9H2,1H3;7-8H,6H2,1-5H3;3-4H,1-2H3;1H3,(H,3,4);1H4. The van der Waals surface area contributed by atoms with Crippen LogP contribution in [-0.2, 0) is 93.1 Å². The number of nitrogen functional groups attached to an aromatic ring is 2. The predicted molar refractivity (Wildman–Crippen MR) is 555 cm³/mol. The molecule has 6 N–H and O–H groups in total. The monoisotopic (exact) mass is 1890 g/mol. The van der Waals surface area contributed by atoms with Gasteiger partial charge in [0.25, 0.3) is 17.3 Å². The van der Waals surface area contributed by atoms with Crippen molar-refractivity contribution in [3.8, 4) is 28.7 Å². The molecule has 1 aromatic heterocycles. The summed E-state index contributed by atoms with van der Waals surface area (Å²) in [7, 11) is 0. The molecule has 25 heteroatoms. The fourth-order valence-electron chi connectivity index (χ4n) is 13.5. The zero-order chi connectivity index (χ0) is 100.0. The van der Waals surface area contributed by atoms with Crippen LogP contribution in [0.5, 0.6) is 28.7 Å². The number of hydrogen-bond donors (Lipinski definition) is 4. The van der Waals surface area contributed by atoms with Crippen molar-refractivity contribution in [2.75, 3.05) is 62.9 Å². The van der Waals surface area contributed by atoms with Crippen molar-refractivity contribution in [2.45, 2.75) is 227 Å². The number of nitrogens with one attached hydrogen (secondary N) is 1. The number of nitrogens with zero attached hydrogens (tertiary/aromatic N) is 5. The van der Waals surface area contributed by atoms with Crippen LogP contribution in [0.15, 0.2) is 243 Å². The van der Waals surface area contributed by atoms with Crippen molar-refractivity contribution >= 4 is 85.9 Å². The van der Waals surface area contributed by atoms with Crippen LogP contribution in [0.3, 0.4) is 0 Å². The van der Waals surface area contributed by atoms with E-state index in [2.05, 4.69) is 132 Å². The normalized spacial score (nSPS) is 10.3. The second-order valence-electron chi connectivity index (χ2n) is 33.2. The Kier molecular flexibility index (Phi) is 60.3. The number of aromatic nitrogens is 2. The minimum Gasteiger partial charge on any atom is -0.494 e. The second-order valence-corrected chi connectivity index (χ2v) is 33.6. The molecule has 0 saturated carbocycles. The number of fused-ring (bicyclic) bond motifs is 1. The maximum absolute atomic E-state index is 12.4. The Balaban J connectivity index is 0.000000539. The van der Waals surface area contributed by atoms with E-state index < -0.39 is 15.8 Å². The van der Waals surface area contributed by atoms with Crippen LogP contribution in [-0.4, -0.2) is 122 Å². The summed E-state index contributed by atoms with van der Waals surface area (Å²) in [5, 5.41) is 32.2. The van der Waals surface area contributed by atoms with E-state index in [0.29, 0.717) is 125 Å². The third kappa shape index (κ3) is 50.9. The Morgan fingerprint density at radius 2 is 0.787 bits per heavy atom. The molecular weight excluding hydrogens is 1740 g/mol. The van der Waals surface area contributed by atoms with Gasteiger partial charge in [0.05, 0.1) is 66.0 Å². The highest BCUT2D eigenvalue weighted by Gasteiger charge is 2.20. The number of anilines is 3. The molecule has 0 aliphatic heterocycles. The SMILES string of the molecule is C.CC(=O)O.CC(C)C=O.CCN(C(C)C)C(C)C.CCOc1ccc(CC(=O)CCc2ccccc2)c(N)c1.CCOc1ccc(CC(=O)CCc2ccccc2)c(NCC(C)C)c1.CCOc1ccc(CC(=O)CCc2ccccc2)c([N+](=O)[O-])c1.CCOc1ccc(N)c([N+](=O)[O-])c1.CCOc1ccc2nc(CCc3ccccc3)n(CC(C)C)c2c1.O=C(Cl)CCc1ccccc1. The van der Waals surface area contributed by atoms with Gasteiger partial charge in [0.1, 0.15) is 63.9 Å². The van der Waals surface area contributed by atoms with Crippen molar-refractivity contribution in [3.05, 3.63) is 313 Å². The zero-order valence-corrected chi connectivity index (χ0v) is 83.0. The van der Waals surface area contributed by atoms with Crippen molar-refractivity contribution in [3.63, 3.8) is 0 Å². The number of imidazole rings is 1. The molecule has 11 rings (SSSR count). The molecule has 0 atom stereocenters. The number of ketones is 3. The van der Waals surface area contributed by atoms with Gasteiger partial charge in [-0.25, -0.2) is 4.98 Å². The number of benzene rings is 10. The fourth-order valence-corrected chi connectivity index (χ4v) is 13.6. The van der Waals surface area contributed by atoms with Gasteiger partial charge in [-0.15, -0.1) is 0 Å². The van der Waals surface area contributed by atoms with Crippen molar-refractivity contribution in [1.29, 1.82) is 0 Å². The lowest BCUT2D eigenvalue weighted by Crippen LogP contribution is -2.36. The molecule has 0 spiro atoms. The minimum absolute atomic E-state index is 0. The third-order valence-corrected chi connectivity index (χ3v) is 20.1. The fraction of sp³-hybridized carbons (Fsp3) is 0.396. The Labute approximate surface area is 812 Å². The maximum Gasteiger partial charge on any atom is 0.300 e. The molecule has 24 nitrogen and oxygen atoms in total. The number of halogens is 1. The van der Waals surface area contributed by atoms with E-state index in [4.69, 9.17) is 61.6 Å². The highest BCUT2D eigenvalue weighted by atomic mass is 35.5. The minimum atomic E-state index is -0.833. The summed E-state index contributed by atoms with van der Waals surface area (Å²) in [6.45, 7) is 40.2. The van der Waals surface area contributed by atoms with E-state index >= 15 is 0 Å². The Hall–Kier alpha value is -13.1. The van der Waals surface area contributed by atoms with E-state index in [-0.39, 0.29) is 59.4 Å². The average molecular weight is 1890 g/mol. The number of rotatable bonds is 42. The summed E-state index contributed by atoms with van der Waals surface area (Å²) in [6, 6.07) is 78.5. The number of carbonyl (C=O) groups excluding carboxylic acids is 5. The number of aldehydes is 1. The van der Waals surface area contributed by atoms with Gasteiger partial charge in [0.15, 0.2) is 0 Å². The van der Waals surface area contributed by atoms with Crippen LogP contribution < -0.4 is 40.5 Å². The highest BCUT2D eigenvalue weighted by molar-refractivity contribution is 6.63. The number of Topliss-reactive ketones (excluding diaryl/α,β-unsaturated/α-hetero) is 3. The quantitative estimate of drug-likeness (QED) is 0.00907. The molecule has 0 amide bonds. The number of ether oxygens (including phenoxy) is 5. The molecule has 10 aromatic carbocycles. The number of carboxylic acid groups (broad SMARTS) is 1. The first-order chi connectivity index (χ1) is 64.6. The first-order valence-corrected chi connectivity index (χ1v) is 47.0.